The van der Waals surface area contributed by atoms with Crippen molar-refractivity contribution in [3.8, 4) is 11.8 Å². The Labute approximate surface area is 283 Å². The fraction of sp³-hybridized carbons (Fsp3) is 0.615. The van der Waals surface area contributed by atoms with Crippen LogP contribution in [0.25, 0.3) is 0 Å². The van der Waals surface area contributed by atoms with Gasteiger partial charge in [-0.15, -0.1) is 0 Å². The van der Waals surface area contributed by atoms with Crippen LogP contribution < -0.4 is 0 Å². The average molecular weight is 667 g/mol. The summed E-state index contributed by atoms with van der Waals surface area (Å²) < 4.78 is 26.0. The predicted molar refractivity (Wildman–Crippen MR) is 197 cm³/mol. The third-order valence-corrected chi connectivity index (χ3v) is 18.9. The van der Waals surface area contributed by atoms with Crippen LogP contribution in [0, 0.1) is 23.2 Å². The number of Topliss-reactive ketones (excluding diaryl/α,β-unsaturated/α-hetero) is 1. The lowest BCUT2D eigenvalue weighted by atomic mass is 9.86. The minimum absolute atomic E-state index is 0.0139. The topological polar surface area (TPSA) is 54.0 Å². The highest BCUT2D eigenvalue weighted by Crippen LogP contribution is 2.39. The lowest BCUT2D eigenvalue weighted by Gasteiger charge is -2.40. The third kappa shape index (κ3) is 12.5. The number of hydrogen-bond acceptors (Lipinski definition) is 5. The fourth-order valence-corrected chi connectivity index (χ4v) is 6.69. The van der Waals surface area contributed by atoms with Crippen LogP contribution in [0.2, 0.25) is 36.3 Å². The minimum Gasteiger partial charge on any atom is -0.414 e. The summed E-state index contributed by atoms with van der Waals surface area (Å²) in [5.41, 5.74) is 1.60. The van der Waals surface area contributed by atoms with Crippen LogP contribution in [-0.4, -0.2) is 47.8 Å². The van der Waals surface area contributed by atoms with Crippen LogP contribution >= 0.6 is 0 Å². The van der Waals surface area contributed by atoms with Crippen molar-refractivity contribution < 1.29 is 23.1 Å². The van der Waals surface area contributed by atoms with Gasteiger partial charge in [-0.2, -0.15) is 0 Å². The Morgan fingerprint density at radius 1 is 0.761 bits per heavy atom. The van der Waals surface area contributed by atoms with Gasteiger partial charge in [0.25, 0.3) is 0 Å². The summed E-state index contributed by atoms with van der Waals surface area (Å²) in [5.74, 6) is 5.84. The second kappa shape index (κ2) is 16.9. The Balaban J connectivity index is 2.25. The second-order valence-corrected chi connectivity index (χ2v) is 25.8. The number of hydrogen-bond donors (Lipinski definition) is 0. The number of ketones is 1. The van der Waals surface area contributed by atoms with Gasteiger partial charge < -0.3 is 18.3 Å². The molecule has 0 aliphatic carbocycles. The summed E-state index contributed by atoms with van der Waals surface area (Å²) in [6, 6.07) is 20.3. The van der Waals surface area contributed by atoms with Gasteiger partial charge in [0.1, 0.15) is 0 Å². The molecule has 0 amide bonds. The Bertz CT molecular complexity index is 1260. The van der Waals surface area contributed by atoms with Gasteiger partial charge in [-0.1, -0.05) is 115 Å². The molecule has 0 unspecified atom stereocenters. The van der Waals surface area contributed by atoms with E-state index >= 15 is 0 Å². The zero-order valence-corrected chi connectivity index (χ0v) is 33.1. The molecule has 7 heteroatoms. The van der Waals surface area contributed by atoms with Gasteiger partial charge in [-0.05, 0) is 73.6 Å². The van der Waals surface area contributed by atoms with Crippen molar-refractivity contribution in [1.29, 1.82) is 0 Å². The normalized spacial score (nSPS) is 15.1. The van der Waals surface area contributed by atoms with Crippen LogP contribution in [0.1, 0.15) is 79.9 Å². The molecule has 0 aromatic heterocycles. The molecule has 2 aromatic rings. The van der Waals surface area contributed by atoms with E-state index in [1.165, 1.54) is 0 Å². The molecule has 0 aliphatic heterocycles. The molecule has 0 heterocycles. The molecule has 256 valence electrons. The molecule has 0 radical (unpaired) electrons. The first-order valence-electron chi connectivity index (χ1n) is 16.8. The number of ether oxygens (including phenoxy) is 2. The molecule has 0 spiro atoms. The van der Waals surface area contributed by atoms with Crippen molar-refractivity contribution in [3.05, 3.63) is 71.8 Å². The Hall–Kier alpha value is -2.06. The predicted octanol–water partition coefficient (Wildman–Crippen LogP) is 9.83. The smallest absolute Gasteiger partial charge is 0.210 e. The highest BCUT2D eigenvalue weighted by molar-refractivity contribution is 6.74. The Morgan fingerprint density at radius 2 is 1.26 bits per heavy atom. The molecular weight excluding hydrogens is 605 g/mol. The molecule has 0 N–H and O–H groups in total. The molecular formula is C39H62O5Si2. The zero-order chi connectivity index (χ0) is 34.8. The van der Waals surface area contributed by atoms with Crippen molar-refractivity contribution in [2.45, 2.75) is 130 Å². The van der Waals surface area contributed by atoms with E-state index in [-0.39, 0.29) is 28.1 Å². The van der Waals surface area contributed by atoms with Crippen molar-refractivity contribution >= 4 is 22.4 Å². The maximum absolute atomic E-state index is 13.7. The monoisotopic (exact) mass is 666 g/mol. The first-order valence-corrected chi connectivity index (χ1v) is 22.6. The van der Waals surface area contributed by atoms with Gasteiger partial charge in [0.15, 0.2) is 16.6 Å². The molecule has 3 atom stereocenters. The molecule has 0 fully saturated rings. The summed E-state index contributed by atoms with van der Waals surface area (Å²) in [4.78, 5) is 13.7. The Kier molecular flexibility index (Phi) is 14.7. The summed E-state index contributed by atoms with van der Waals surface area (Å²) in [7, 11) is -4.18. The maximum atomic E-state index is 13.7. The van der Waals surface area contributed by atoms with Gasteiger partial charge in [0.2, 0.25) is 5.78 Å². The molecule has 2 rings (SSSR count). The van der Waals surface area contributed by atoms with Gasteiger partial charge in [0, 0.05) is 6.61 Å². The molecule has 0 bridgehead atoms. The van der Waals surface area contributed by atoms with Crippen LogP contribution in [0.4, 0.5) is 0 Å². The number of rotatable bonds is 16. The van der Waals surface area contributed by atoms with Crippen molar-refractivity contribution in [3.63, 3.8) is 0 Å². The number of carbonyl (C=O) groups excluding carboxylic acids is 1. The fourth-order valence-electron chi connectivity index (χ4n) is 4.25. The van der Waals surface area contributed by atoms with Crippen LogP contribution in [0.5, 0.6) is 0 Å². The van der Waals surface area contributed by atoms with Gasteiger partial charge in [0.05, 0.1) is 43.4 Å². The van der Waals surface area contributed by atoms with Crippen LogP contribution in [0.3, 0.4) is 0 Å². The summed E-state index contributed by atoms with van der Waals surface area (Å²) >= 11 is 0. The zero-order valence-electron chi connectivity index (χ0n) is 31.1. The number of benzene rings is 2. The van der Waals surface area contributed by atoms with E-state index in [0.717, 1.165) is 11.1 Å². The third-order valence-electron chi connectivity index (χ3n) is 9.89. The molecule has 2 aromatic carbocycles. The average Bonchev–Trinajstić information content (AvgIpc) is 2.96. The van der Waals surface area contributed by atoms with Gasteiger partial charge >= 0.3 is 0 Å². The number of carbonyl (C=O) groups is 1. The molecule has 0 saturated carbocycles. The summed E-state index contributed by atoms with van der Waals surface area (Å²) in [6.07, 6.45) is 0.0252. The second-order valence-electron chi connectivity index (χ2n) is 16.2. The van der Waals surface area contributed by atoms with Gasteiger partial charge in [-0.3, -0.25) is 4.79 Å². The summed E-state index contributed by atoms with van der Waals surface area (Å²) in [5, 5.41) is 0.0855. The van der Waals surface area contributed by atoms with Crippen molar-refractivity contribution in [2.75, 3.05) is 13.2 Å². The standard InChI is InChI=1S/C39H62O5Si2/c1-31(35(44-46(12,13)38(5,6)7)25-27-41-28-32-20-16-14-17-21-32)34(40)24-26-39(8,9)36(30-43-45(10,11)37(2,3)4)42-29-33-22-18-15-19-23-33/h14-23,31,35-36H,25,27-30H2,1-13H3/t31-,35-,36-/m0/s1. The maximum Gasteiger partial charge on any atom is 0.210 e. The molecule has 5 nitrogen and oxygen atoms in total. The first kappa shape index (κ1) is 40.1. The molecule has 0 saturated heterocycles. The lowest BCUT2D eigenvalue weighted by molar-refractivity contribution is -0.120. The highest BCUT2D eigenvalue weighted by Gasteiger charge is 2.42. The van der Waals surface area contributed by atoms with E-state index in [1.54, 1.807) is 0 Å². The van der Waals surface area contributed by atoms with Crippen LogP contribution in [0.15, 0.2) is 60.7 Å². The van der Waals surface area contributed by atoms with E-state index in [4.69, 9.17) is 18.3 Å². The summed E-state index contributed by atoms with van der Waals surface area (Å²) in [6.45, 7) is 30.3. The minimum atomic E-state index is -2.15. The van der Waals surface area contributed by atoms with Crippen molar-refractivity contribution in [1.82, 2.24) is 0 Å². The van der Waals surface area contributed by atoms with E-state index in [2.05, 4.69) is 104 Å². The first-order chi connectivity index (χ1) is 21.2. The van der Waals surface area contributed by atoms with Gasteiger partial charge in [-0.25, -0.2) is 0 Å². The van der Waals surface area contributed by atoms with Crippen LogP contribution in [-0.2, 0) is 36.3 Å². The van der Waals surface area contributed by atoms with E-state index in [0.29, 0.717) is 32.8 Å². The largest absolute Gasteiger partial charge is 0.414 e. The Morgan fingerprint density at radius 3 is 1.76 bits per heavy atom. The van der Waals surface area contributed by atoms with E-state index in [1.807, 2.05) is 57.2 Å². The molecule has 46 heavy (non-hydrogen) atoms. The highest BCUT2D eigenvalue weighted by atomic mass is 28.4. The quantitative estimate of drug-likeness (QED) is 0.0773. The molecule has 0 aliphatic rings. The van der Waals surface area contributed by atoms with E-state index in [9.17, 15) is 4.79 Å². The van der Waals surface area contributed by atoms with Crippen molar-refractivity contribution in [2.24, 2.45) is 11.3 Å². The lowest BCUT2D eigenvalue weighted by Crippen LogP contribution is -2.47. The van der Waals surface area contributed by atoms with E-state index < -0.39 is 28.0 Å². The SMILES string of the molecule is C[C@@H](C(=O)C#CC(C)(C)[C@H](CO[Si](C)(C)C(C)(C)C)OCc1ccccc1)[C@H](CCOCc1ccccc1)O[Si](C)(C)C(C)(C)C.